The van der Waals surface area contributed by atoms with E-state index in [1.54, 1.807) is 6.07 Å². The van der Waals surface area contributed by atoms with Crippen molar-refractivity contribution < 1.29 is 27.5 Å². The van der Waals surface area contributed by atoms with E-state index in [1.165, 1.54) is 42.4 Å². The summed E-state index contributed by atoms with van der Waals surface area (Å²) < 4.78 is 45.1. The van der Waals surface area contributed by atoms with Gasteiger partial charge in [-0.3, -0.25) is 9.78 Å². The summed E-state index contributed by atoms with van der Waals surface area (Å²) in [6.45, 7) is 0. The van der Waals surface area contributed by atoms with E-state index in [0.717, 1.165) is 18.3 Å². The molecule has 2 heterocycles. The van der Waals surface area contributed by atoms with Gasteiger partial charge in [0.1, 0.15) is 5.69 Å². The summed E-state index contributed by atoms with van der Waals surface area (Å²) in [5.41, 5.74) is -0.723. The highest BCUT2D eigenvalue weighted by atomic mass is 19.4. The van der Waals surface area contributed by atoms with Gasteiger partial charge in [0.25, 0.3) is 5.91 Å². The highest BCUT2D eigenvalue weighted by Gasteiger charge is 2.31. The fourth-order valence-corrected chi connectivity index (χ4v) is 2.38. The summed E-state index contributed by atoms with van der Waals surface area (Å²) in [6.07, 6.45) is -0.456. The molecule has 2 aromatic heterocycles. The summed E-state index contributed by atoms with van der Waals surface area (Å²) in [4.78, 5) is 27.7. The Bertz CT molecular complexity index is 1000. The van der Waals surface area contributed by atoms with Crippen molar-refractivity contribution in [3.63, 3.8) is 0 Å². The molecule has 10 heteroatoms. The molecule has 0 saturated carbocycles. The van der Waals surface area contributed by atoms with Crippen molar-refractivity contribution in [1.29, 1.82) is 0 Å². The third-order valence-electron chi connectivity index (χ3n) is 3.74. The summed E-state index contributed by atoms with van der Waals surface area (Å²) >= 11 is 0. The van der Waals surface area contributed by atoms with Crippen LogP contribution in [-0.2, 0) is 10.9 Å². The van der Waals surface area contributed by atoms with Crippen LogP contribution in [0.4, 0.5) is 18.9 Å². The number of hydrogen-bond donors (Lipinski definition) is 1. The predicted octanol–water partition coefficient (Wildman–Crippen LogP) is 3.33. The maximum Gasteiger partial charge on any atom is 0.416 e. The number of halogens is 3. The summed E-state index contributed by atoms with van der Waals surface area (Å²) in [5.74, 6) is -1.37. The number of methoxy groups -OCH3 is 1. The van der Waals surface area contributed by atoms with Crippen molar-refractivity contribution in [2.45, 2.75) is 6.18 Å². The molecule has 144 valence electrons. The van der Waals surface area contributed by atoms with Gasteiger partial charge in [0.05, 0.1) is 29.6 Å². The summed E-state index contributed by atoms with van der Waals surface area (Å²) in [5, 5.41) is 6.39. The van der Waals surface area contributed by atoms with Gasteiger partial charge >= 0.3 is 12.1 Å². The summed E-state index contributed by atoms with van der Waals surface area (Å²) in [7, 11) is 1.20. The van der Waals surface area contributed by atoms with Crippen molar-refractivity contribution in [2.24, 2.45) is 0 Å². The minimum Gasteiger partial charge on any atom is -0.465 e. The maximum atomic E-state index is 13.1. The Morgan fingerprint density at radius 1 is 1.18 bits per heavy atom. The molecule has 1 aromatic carbocycles. The van der Waals surface area contributed by atoms with Crippen LogP contribution in [0.25, 0.3) is 5.69 Å². The van der Waals surface area contributed by atoms with Crippen LogP contribution in [0.3, 0.4) is 0 Å². The van der Waals surface area contributed by atoms with E-state index < -0.39 is 23.6 Å². The Hall–Kier alpha value is -3.69. The van der Waals surface area contributed by atoms with Crippen molar-refractivity contribution in [3.8, 4) is 5.69 Å². The quantitative estimate of drug-likeness (QED) is 0.691. The van der Waals surface area contributed by atoms with Gasteiger partial charge in [-0.05, 0) is 36.4 Å². The number of rotatable bonds is 4. The van der Waals surface area contributed by atoms with Gasteiger partial charge in [-0.25, -0.2) is 9.48 Å². The van der Waals surface area contributed by atoms with Crippen LogP contribution in [0.15, 0.2) is 55.0 Å². The van der Waals surface area contributed by atoms with Gasteiger partial charge in [-0.2, -0.15) is 18.3 Å². The van der Waals surface area contributed by atoms with Crippen LogP contribution in [0.2, 0.25) is 0 Å². The fourth-order valence-electron chi connectivity index (χ4n) is 2.38. The van der Waals surface area contributed by atoms with Crippen LogP contribution < -0.4 is 5.32 Å². The molecule has 0 saturated heterocycles. The molecule has 3 aromatic rings. The zero-order valence-electron chi connectivity index (χ0n) is 14.4. The first kappa shape index (κ1) is 19.1. The highest BCUT2D eigenvalue weighted by molar-refractivity contribution is 6.04. The molecule has 0 radical (unpaired) electrons. The molecule has 0 aliphatic carbocycles. The molecule has 1 N–H and O–H groups in total. The van der Waals surface area contributed by atoms with Gasteiger partial charge in [0.15, 0.2) is 0 Å². The smallest absolute Gasteiger partial charge is 0.416 e. The lowest BCUT2D eigenvalue weighted by atomic mass is 10.1. The number of aromatic nitrogens is 3. The average molecular weight is 390 g/mol. The van der Waals surface area contributed by atoms with E-state index in [9.17, 15) is 22.8 Å². The number of nitrogens with zero attached hydrogens (tertiary/aromatic N) is 3. The van der Waals surface area contributed by atoms with Gasteiger partial charge in [0.2, 0.25) is 0 Å². The monoisotopic (exact) mass is 390 g/mol. The number of nitrogens with one attached hydrogen (secondary N) is 1. The standard InChI is InChI=1S/C18H13F3N4O3/c1-28-17(27)11-3-5-13(22-10-11)16(26)24-14-9-12(18(19,20)21)4-6-15(14)25-8-2-7-23-25/h2-10H,1H3,(H,24,26). The fraction of sp³-hybridized carbons (Fsp3) is 0.111. The number of ether oxygens (including phenoxy) is 1. The third-order valence-corrected chi connectivity index (χ3v) is 3.74. The van der Waals surface area contributed by atoms with Crippen molar-refractivity contribution in [3.05, 3.63) is 71.8 Å². The molecule has 1 amide bonds. The molecule has 0 aliphatic rings. The van der Waals surface area contributed by atoms with Gasteiger partial charge in [0, 0.05) is 18.6 Å². The van der Waals surface area contributed by atoms with Gasteiger partial charge < -0.3 is 10.1 Å². The number of esters is 1. The topological polar surface area (TPSA) is 86.1 Å². The second kappa shape index (κ2) is 7.51. The molecule has 28 heavy (non-hydrogen) atoms. The van der Waals surface area contributed by atoms with E-state index in [-0.39, 0.29) is 22.6 Å². The molecule has 0 unspecified atom stereocenters. The van der Waals surface area contributed by atoms with E-state index in [0.29, 0.717) is 0 Å². The number of carbonyl (C=O) groups is 2. The largest absolute Gasteiger partial charge is 0.465 e. The molecule has 3 rings (SSSR count). The van der Waals surface area contributed by atoms with E-state index in [2.05, 4.69) is 20.1 Å². The molecule has 0 atom stereocenters. The first-order valence-electron chi connectivity index (χ1n) is 7.86. The third kappa shape index (κ3) is 4.00. The molecule has 0 spiro atoms. The normalized spacial score (nSPS) is 11.1. The number of carbonyl (C=O) groups excluding carboxylic acids is 2. The van der Waals surface area contributed by atoms with Crippen LogP contribution in [-0.4, -0.2) is 33.8 Å². The SMILES string of the molecule is COC(=O)c1ccc(C(=O)Nc2cc(C(F)(F)F)ccc2-n2cccn2)nc1. The van der Waals surface area contributed by atoms with E-state index in [4.69, 9.17) is 0 Å². The van der Waals surface area contributed by atoms with E-state index in [1.807, 2.05) is 0 Å². The Kier molecular flexibility index (Phi) is 5.12. The minimum atomic E-state index is -4.58. The van der Waals surface area contributed by atoms with Crippen molar-refractivity contribution in [2.75, 3.05) is 12.4 Å². The highest BCUT2D eigenvalue weighted by Crippen LogP contribution is 2.33. The Morgan fingerprint density at radius 2 is 1.96 bits per heavy atom. The Morgan fingerprint density at radius 3 is 2.54 bits per heavy atom. The Balaban J connectivity index is 1.93. The lowest BCUT2D eigenvalue weighted by Gasteiger charge is -2.14. The zero-order chi connectivity index (χ0) is 20.3. The average Bonchev–Trinajstić information content (AvgIpc) is 3.21. The van der Waals surface area contributed by atoms with Gasteiger partial charge in [-0.1, -0.05) is 0 Å². The second-order valence-electron chi connectivity index (χ2n) is 5.56. The molecule has 0 aliphatic heterocycles. The Labute approximate surface area is 156 Å². The molecular weight excluding hydrogens is 377 g/mol. The van der Waals surface area contributed by atoms with Crippen LogP contribution in [0.1, 0.15) is 26.4 Å². The number of benzene rings is 1. The molecule has 0 bridgehead atoms. The maximum absolute atomic E-state index is 13.1. The second-order valence-corrected chi connectivity index (χ2v) is 5.56. The van der Waals surface area contributed by atoms with Gasteiger partial charge in [-0.15, -0.1) is 0 Å². The number of pyridine rings is 1. The zero-order valence-corrected chi connectivity index (χ0v) is 14.4. The molecule has 0 fully saturated rings. The minimum absolute atomic E-state index is 0.0866. The van der Waals surface area contributed by atoms with Crippen molar-refractivity contribution >= 4 is 17.6 Å². The van der Waals surface area contributed by atoms with Crippen molar-refractivity contribution in [1.82, 2.24) is 14.8 Å². The lowest BCUT2D eigenvalue weighted by Crippen LogP contribution is -2.17. The summed E-state index contributed by atoms with van der Waals surface area (Å²) in [6, 6.07) is 7.11. The van der Waals surface area contributed by atoms with Crippen LogP contribution in [0, 0.1) is 0 Å². The first-order valence-corrected chi connectivity index (χ1v) is 7.86. The van der Waals surface area contributed by atoms with Crippen LogP contribution in [0.5, 0.6) is 0 Å². The predicted molar refractivity (Wildman–Crippen MR) is 92.1 cm³/mol. The lowest BCUT2D eigenvalue weighted by molar-refractivity contribution is -0.137. The number of hydrogen-bond acceptors (Lipinski definition) is 5. The number of anilines is 1. The number of amides is 1. The number of alkyl halides is 3. The van der Waals surface area contributed by atoms with Crippen LogP contribution >= 0.6 is 0 Å². The van der Waals surface area contributed by atoms with E-state index >= 15 is 0 Å². The molecular formula is C18H13F3N4O3. The molecule has 7 nitrogen and oxygen atoms in total. The first-order chi connectivity index (χ1) is 13.3.